The minimum absolute atomic E-state index is 0.123. The highest BCUT2D eigenvalue weighted by Crippen LogP contribution is 2.38. The smallest absolute Gasteiger partial charge is 0.400 e. The van der Waals surface area contributed by atoms with Crippen molar-refractivity contribution in [2.75, 3.05) is 13.7 Å². The maximum Gasteiger partial charge on any atom is 0.400 e. The van der Waals surface area contributed by atoms with Crippen molar-refractivity contribution in [1.82, 2.24) is 10.2 Å². The second kappa shape index (κ2) is 7.44. The topological polar surface area (TPSA) is 75.7 Å². The van der Waals surface area contributed by atoms with Crippen molar-refractivity contribution in [3.8, 4) is 0 Å². The Labute approximate surface area is 151 Å². The van der Waals surface area contributed by atoms with Crippen LogP contribution in [0.3, 0.4) is 0 Å². The van der Waals surface area contributed by atoms with Gasteiger partial charge in [0.1, 0.15) is 18.5 Å². The third-order valence-corrected chi connectivity index (χ3v) is 4.08. The van der Waals surface area contributed by atoms with Gasteiger partial charge in [0.2, 0.25) is 11.8 Å². The van der Waals surface area contributed by atoms with Gasteiger partial charge in [0.25, 0.3) is 0 Å². The third-order valence-electron chi connectivity index (χ3n) is 4.08. The van der Waals surface area contributed by atoms with E-state index in [2.05, 4.69) is 10.1 Å². The van der Waals surface area contributed by atoms with Crippen LogP contribution in [0.4, 0.5) is 13.2 Å². The lowest BCUT2D eigenvalue weighted by Gasteiger charge is -2.35. The Morgan fingerprint density at radius 2 is 1.73 bits per heavy atom. The number of rotatable bonds is 5. The molecule has 0 bridgehead atoms. The van der Waals surface area contributed by atoms with Crippen molar-refractivity contribution in [1.29, 1.82) is 0 Å². The Balaban J connectivity index is 3.03. The summed E-state index contributed by atoms with van der Waals surface area (Å²) in [7, 11) is 1.06. The predicted octanol–water partition coefficient (Wildman–Crippen LogP) is 2.27. The number of ether oxygens (including phenoxy) is 1. The molecule has 6 nitrogen and oxygen atoms in total. The van der Waals surface area contributed by atoms with Gasteiger partial charge in [-0.1, -0.05) is 20.8 Å². The molecule has 1 rings (SSSR count). The van der Waals surface area contributed by atoms with Gasteiger partial charge >= 0.3 is 12.1 Å². The normalized spacial score (nSPS) is 21.7. The van der Waals surface area contributed by atoms with Crippen LogP contribution in [0.1, 0.15) is 47.5 Å². The fraction of sp³-hybridized carbons (Fsp3) is 0.824. The van der Waals surface area contributed by atoms with Crippen LogP contribution in [-0.2, 0) is 19.1 Å². The average Bonchev–Trinajstić information content (AvgIpc) is 2.72. The van der Waals surface area contributed by atoms with Crippen LogP contribution in [0, 0.1) is 11.3 Å². The second-order valence-corrected chi connectivity index (χ2v) is 8.50. The van der Waals surface area contributed by atoms with E-state index in [1.807, 2.05) is 20.8 Å². The summed E-state index contributed by atoms with van der Waals surface area (Å²) >= 11 is 0. The first-order valence-corrected chi connectivity index (χ1v) is 8.33. The molecule has 26 heavy (non-hydrogen) atoms. The van der Waals surface area contributed by atoms with E-state index < -0.39 is 54.4 Å². The molecule has 0 radical (unpaired) electrons. The van der Waals surface area contributed by atoms with Gasteiger partial charge in [-0.25, -0.2) is 0 Å². The first-order valence-electron chi connectivity index (χ1n) is 8.33. The Bertz CT molecular complexity index is 567. The molecule has 0 spiro atoms. The molecular formula is C17H27F3N2O4. The van der Waals surface area contributed by atoms with Gasteiger partial charge in [-0.2, -0.15) is 13.2 Å². The van der Waals surface area contributed by atoms with Crippen LogP contribution in [0.5, 0.6) is 0 Å². The lowest BCUT2D eigenvalue weighted by atomic mass is 9.81. The van der Waals surface area contributed by atoms with Crippen LogP contribution in [0.25, 0.3) is 0 Å². The largest absolute Gasteiger partial charge is 0.468 e. The Morgan fingerprint density at radius 1 is 1.19 bits per heavy atom. The molecule has 150 valence electrons. The molecule has 1 aliphatic heterocycles. The standard InChI is InChI=1S/C17H27F3N2O4/c1-15(2,3)9-16(4,5)21-13(24)11-7-10(17(18,19)20)14(25)22(11)8-12(23)26-6/h10-11H,7-9H2,1-6H3,(H,21,24). The van der Waals surface area contributed by atoms with E-state index in [9.17, 15) is 27.6 Å². The molecular weight excluding hydrogens is 353 g/mol. The summed E-state index contributed by atoms with van der Waals surface area (Å²) in [6.07, 6.45) is -4.91. The number of likely N-dealkylation sites (tertiary alicyclic amines) is 1. The number of amides is 2. The Kier molecular flexibility index (Phi) is 6.37. The third kappa shape index (κ3) is 5.88. The quantitative estimate of drug-likeness (QED) is 0.743. The zero-order chi connectivity index (χ0) is 20.5. The van der Waals surface area contributed by atoms with Crippen molar-refractivity contribution < 1.29 is 32.3 Å². The zero-order valence-electron chi connectivity index (χ0n) is 16.0. The molecule has 1 N–H and O–H groups in total. The molecule has 1 saturated heterocycles. The number of alkyl halides is 3. The summed E-state index contributed by atoms with van der Waals surface area (Å²) in [5.74, 6) is -5.17. The Hall–Kier alpha value is -1.80. The molecule has 9 heteroatoms. The van der Waals surface area contributed by atoms with E-state index in [0.29, 0.717) is 11.3 Å². The maximum atomic E-state index is 13.1. The van der Waals surface area contributed by atoms with E-state index in [0.717, 1.165) is 7.11 Å². The minimum atomic E-state index is -4.78. The lowest BCUT2D eigenvalue weighted by Crippen LogP contribution is -2.53. The number of esters is 1. The van der Waals surface area contributed by atoms with Gasteiger partial charge in [-0.3, -0.25) is 14.4 Å². The number of carbonyl (C=O) groups excluding carboxylic acids is 3. The van der Waals surface area contributed by atoms with E-state index >= 15 is 0 Å². The molecule has 1 fully saturated rings. The van der Waals surface area contributed by atoms with Crippen molar-refractivity contribution in [2.45, 2.75) is 65.2 Å². The highest BCUT2D eigenvalue weighted by Gasteiger charge is 2.56. The number of methoxy groups -OCH3 is 1. The van der Waals surface area contributed by atoms with E-state index in [4.69, 9.17) is 0 Å². The number of halogens is 3. The first-order chi connectivity index (χ1) is 11.6. The zero-order valence-corrected chi connectivity index (χ0v) is 16.0. The van der Waals surface area contributed by atoms with Gasteiger partial charge < -0.3 is 15.0 Å². The lowest BCUT2D eigenvalue weighted by molar-refractivity contribution is -0.181. The molecule has 2 amide bonds. The van der Waals surface area contributed by atoms with Gasteiger partial charge in [-0.15, -0.1) is 0 Å². The number of nitrogens with zero attached hydrogens (tertiary/aromatic N) is 1. The SMILES string of the molecule is COC(=O)CN1C(=O)C(C(F)(F)F)CC1C(=O)NC(C)(C)CC(C)(C)C. The molecule has 2 unspecified atom stereocenters. The summed E-state index contributed by atoms with van der Waals surface area (Å²) in [4.78, 5) is 36.9. The predicted molar refractivity (Wildman–Crippen MR) is 88.0 cm³/mol. The van der Waals surface area contributed by atoms with Crippen LogP contribution in [0.2, 0.25) is 0 Å². The number of nitrogens with one attached hydrogen (secondary N) is 1. The van der Waals surface area contributed by atoms with Crippen molar-refractivity contribution >= 4 is 17.8 Å². The highest BCUT2D eigenvalue weighted by atomic mass is 19.4. The van der Waals surface area contributed by atoms with E-state index in [1.165, 1.54) is 0 Å². The fourth-order valence-electron chi connectivity index (χ4n) is 3.51. The van der Waals surface area contributed by atoms with E-state index in [1.54, 1.807) is 13.8 Å². The number of carbonyl (C=O) groups is 3. The van der Waals surface area contributed by atoms with Gasteiger partial charge in [0.15, 0.2) is 0 Å². The molecule has 0 aliphatic carbocycles. The highest BCUT2D eigenvalue weighted by molar-refractivity contribution is 5.94. The van der Waals surface area contributed by atoms with Gasteiger partial charge in [-0.05, 0) is 32.1 Å². The monoisotopic (exact) mass is 380 g/mol. The van der Waals surface area contributed by atoms with Crippen LogP contribution in [-0.4, -0.2) is 54.1 Å². The van der Waals surface area contributed by atoms with Gasteiger partial charge in [0, 0.05) is 5.54 Å². The van der Waals surface area contributed by atoms with Gasteiger partial charge in [0.05, 0.1) is 7.11 Å². The van der Waals surface area contributed by atoms with E-state index in [-0.39, 0.29) is 5.41 Å². The summed E-state index contributed by atoms with van der Waals surface area (Å²) in [5, 5.41) is 2.72. The van der Waals surface area contributed by atoms with Crippen molar-refractivity contribution in [3.63, 3.8) is 0 Å². The molecule has 0 aromatic rings. The first kappa shape index (κ1) is 22.2. The van der Waals surface area contributed by atoms with Crippen molar-refractivity contribution in [3.05, 3.63) is 0 Å². The summed E-state index contributed by atoms with van der Waals surface area (Å²) in [6.45, 7) is 8.76. The molecule has 0 saturated carbocycles. The summed E-state index contributed by atoms with van der Waals surface area (Å²) < 4.78 is 43.7. The fourth-order valence-corrected chi connectivity index (χ4v) is 3.51. The summed E-state index contributed by atoms with van der Waals surface area (Å²) in [5.41, 5.74) is -0.811. The molecule has 1 heterocycles. The average molecular weight is 380 g/mol. The number of hydrogen-bond donors (Lipinski definition) is 1. The Morgan fingerprint density at radius 3 is 2.15 bits per heavy atom. The molecule has 0 aromatic heterocycles. The molecule has 1 aliphatic rings. The second-order valence-electron chi connectivity index (χ2n) is 8.50. The maximum absolute atomic E-state index is 13.1. The number of hydrogen-bond acceptors (Lipinski definition) is 4. The molecule has 0 aromatic carbocycles. The van der Waals surface area contributed by atoms with Crippen LogP contribution < -0.4 is 5.32 Å². The molecule has 2 atom stereocenters. The minimum Gasteiger partial charge on any atom is -0.468 e. The van der Waals surface area contributed by atoms with Crippen LogP contribution >= 0.6 is 0 Å². The summed E-state index contributed by atoms with van der Waals surface area (Å²) in [6, 6.07) is -1.37. The van der Waals surface area contributed by atoms with Crippen LogP contribution in [0.15, 0.2) is 0 Å². The van der Waals surface area contributed by atoms with Crippen molar-refractivity contribution in [2.24, 2.45) is 11.3 Å².